The Morgan fingerprint density at radius 2 is 1.85 bits per heavy atom. The van der Waals surface area contributed by atoms with Crippen LogP contribution in [0.5, 0.6) is 0 Å². The summed E-state index contributed by atoms with van der Waals surface area (Å²) < 4.78 is 22.7. The van der Waals surface area contributed by atoms with Gasteiger partial charge in [0.15, 0.2) is 9.84 Å². The molecule has 0 saturated carbocycles. The van der Waals surface area contributed by atoms with E-state index in [0.29, 0.717) is 18.3 Å². The highest BCUT2D eigenvalue weighted by molar-refractivity contribution is 7.90. The van der Waals surface area contributed by atoms with Gasteiger partial charge in [-0.2, -0.15) is 0 Å². The minimum atomic E-state index is -3.21. The molecule has 110 valence electrons. The second kappa shape index (κ2) is 5.90. The van der Waals surface area contributed by atoms with Crippen LogP contribution in [0.3, 0.4) is 0 Å². The molecule has 2 atom stereocenters. The largest absolute Gasteiger partial charge is 0.325 e. The van der Waals surface area contributed by atoms with Gasteiger partial charge in [-0.15, -0.1) is 0 Å². The third kappa shape index (κ3) is 3.78. The van der Waals surface area contributed by atoms with Crippen LogP contribution in [0.4, 0.5) is 5.69 Å². The van der Waals surface area contributed by atoms with Crippen molar-refractivity contribution in [3.05, 3.63) is 24.3 Å². The van der Waals surface area contributed by atoms with Crippen molar-refractivity contribution in [3.63, 3.8) is 0 Å². The van der Waals surface area contributed by atoms with Crippen molar-refractivity contribution in [2.24, 2.45) is 0 Å². The van der Waals surface area contributed by atoms with Gasteiger partial charge in [0.05, 0.1) is 10.9 Å². The highest BCUT2D eigenvalue weighted by Gasteiger charge is 2.23. The second-order valence-electron chi connectivity index (χ2n) is 5.06. The zero-order chi connectivity index (χ0) is 14.8. The summed E-state index contributed by atoms with van der Waals surface area (Å²) in [6, 6.07) is 6.23. The van der Waals surface area contributed by atoms with E-state index in [2.05, 4.69) is 16.0 Å². The van der Waals surface area contributed by atoms with Gasteiger partial charge in [-0.25, -0.2) is 8.42 Å². The Kier molecular flexibility index (Phi) is 4.42. The molecule has 1 aliphatic rings. The quantitative estimate of drug-likeness (QED) is 0.730. The van der Waals surface area contributed by atoms with Gasteiger partial charge in [0.25, 0.3) is 0 Å². The number of anilines is 1. The first kappa shape index (κ1) is 15.0. The van der Waals surface area contributed by atoms with Gasteiger partial charge in [-0.3, -0.25) is 4.79 Å². The number of hydrogen-bond donors (Lipinski definition) is 3. The van der Waals surface area contributed by atoms with E-state index in [9.17, 15) is 13.2 Å². The van der Waals surface area contributed by atoms with Gasteiger partial charge in [0.2, 0.25) is 5.91 Å². The molecule has 2 rings (SSSR count). The van der Waals surface area contributed by atoms with E-state index in [1.54, 1.807) is 12.1 Å². The van der Waals surface area contributed by atoms with Crippen molar-refractivity contribution in [1.82, 2.24) is 10.6 Å². The zero-order valence-corrected chi connectivity index (χ0v) is 12.3. The van der Waals surface area contributed by atoms with Crippen LogP contribution in [0.1, 0.15) is 6.92 Å². The summed E-state index contributed by atoms with van der Waals surface area (Å²) >= 11 is 0. The van der Waals surface area contributed by atoms with Crippen LogP contribution in [0.2, 0.25) is 0 Å². The van der Waals surface area contributed by atoms with Gasteiger partial charge in [-0.1, -0.05) is 0 Å². The standard InChI is InChI=1S/C13H19N3O3S/c1-9-7-15-12(8-14-9)13(17)16-10-3-5-11(6-4-10)20(2,18)19/h3-6,9,12,14-15H,7-8H2,1-2H3,(H,16,17). The molecule has 7 heteroatoms. The van der Waals surface area contributed by atoms with E-state index in [1.165, 1.54) is 12.1 Å². The smallest absolute Gasteiger partial charge is 0.242 e. The van der Waals surface area contributed by atoms with Gasteiger partial charge in [0.1, 0.15) is 0 Å². The van der Waals surface area contributed by atoms with Crippen molar-refractivity contribution in [2.75, 3.05) is 24.7 Å². The fraction of sp³-hybridized carbons (Fsp3) is 0.462. The third-order valence-electron chi connectivity index (χ3n) is 3.21. The van der Waals surface area contributed by atoms with Gasteiger partial charge in [-0.05, 0) is 31.2 Å². The Morgan fingerprint density at radius 3 is 2.35 bits per heavy atom. The topological polar surface area (TPSA) is 87.3 Å². The minimum Gasteiger partial charge on any atom is -0.325 e. The van der Waals surface area contributed by atoms with E-state index < -0.39 is 9.84 Å². The lowest BCUT2D eigenvalue weighted by atomic mass is 10.1. The number of benzene rings is 1. The molecule has 20 heavy (non-hydrogen) atoms. The lowest BCUT2D eigenvalue weighted by Crippen LogP contribution is -2.57. The van der Waals surface area contributed by atoms with Crippen molar-refractivity contribution in [3.8, 4) is 0 Å². The average Bonchev–Trinajstić information content (AvgIpc) is 2.39. The highest BCUT2D eigenvalue weighted by atomic mass is 32.2. The first-order chi connectivity index (χ1) is 9.36. The fourth-order valence-corrected chi connectivity index (χ4v) is 2.61. The van der Waals surface area contributed by atoms with Gasteiger partial charge >= 0.3 is 0 Å². The number of rotatable bonds is 3. The first-order valence-electron chi connectivity index (χ1n) is 6.44. The van der Waals surface area contributed by atoms with Crippen LogP contribution in [-0.4, -0.2) is 45.8 Å². The summed E-state index contributed by atoms with van der Waals surface area (Å²) in [5.74, 6) is -0.128. The summed E-state index contributed by atoms with van der Waals surface area (Å²) in [5.41, 5.74) is 0.586. The van der Waals surface area contributed by atoms with E-state index in [1.807, 2.05) is 6.92 Å². The number of amides is 1. The molecule has 3 N–H and O–H groups in total. The van der Waals surface area contributed by atoms with E-state index in [0.717, 1.165) is 12.8 Å². The SMILES string of the molecule is CC1CNC(C(=O)Nc2ccc(S(C)(=O)=O)cc2)CN1. The number of piperazine rings is 1. The first-order valence-corrected chi connectivity index (χ1v) is 8.33. The lowest BCUT2D eigenvalue weighted by Gasteiger charge is -2.28. The van der Waals surface area contributed by atoms with Crippen molar-refractivity contribution in [2.45, 2.75) is 23.9 Å². The molecule has 0 aliphatic carbocycles. The number of sulfone groups is 1. The third-order valence-corrected chi connectivity index (χ3v) is 4.34. The van der Waals surface area contributed by atoms with Crippen molar-refractivity contribution in [1.29, 1.82) is 0 Å². The molecule has 0 aromatic heterocycles. The normalized spacial score (nSPS) is 23.3. The Hall–Kier alpha value is -1.44. The number of carbonyl (C=O) groups is 1. The maximum atomic E-state index is 12.0. The summed E-state index contributed by atoms with van der Waals surface area (Å²) in [6.45, 7) is 3.37. The lowest BCUT2D eigenvalue weighted by molar-refractivity contribution is -0.118. The van der Waals surface area contributed by atoms with Crippen LogP contribution >= 0.6 is 0 Å². The minimum absolute atomic E-state index is 0.128. The maximum absolute atomic E-state index is 12.0. The Labute approximate surface area is 118 Å². The van der Waals surface area contributed by atoms with Gasteiger partial charge < -0.3 is 16.0 Å². The number of hydrogen-bond acceptors (Lipinski definition) is 5. The molecule has 1 fully saturated rings. The summed E-state index contributed by atoms with van der Waals surface area (Å²) in [4.78, 5) is 12.3. The van der Waals surface area contributed by atoms with Crippen LogP contribution in [0.25, 0.3) is 0 Å². The predicted octanol–water partition coefficient (Wildman–Crippen LogP) is -0.0215. The molecule has 1 amide bonds. The molecule has 1 aliphatic heterocycles. The molecular weight excluding hydrogens is 278 g/mol. The predicted molar refractivity (Wildman–Crippen MR) is 77.4 cm³/mol. The highest BCUT2D eigenvalue weighted by Crippen LogP contribution is 2.14. The Morgan fingerprint density at radius 1 is 1.20 bits per heavy atom. The summed E-state index contributed by atoms with van der Waals surface area (Å²) in [7, 11) is -3.21. The fourth-order valence-electron chi connectivity index (χ4n) is 1.98. The van der Waals surface area contributed by atoms with Gasteiger partial charge in [0, 0.05) is 31.1 Å². The molecule has 6 nitrogen and oxygen atoms in total. The van der Waals surface area contributed by atoms with Crippen LogP contribution in [0.15, 0.2) is 29.2 Å². The summed E-state index contributed by atoms with van der Waals surface area (Å²) in [5, 5.41) is 9.15. The van der Waals surface area contributed by atoms with Crippen molar-refractivity contribution < 1.29 is 13.2 Å². The van der Waals surface area contributed by atoms with E-state index >= 15 is 0 Å². The Bertz CT molecular complexity index is 575. The maximum Gasteiger partial charge on any atom is 0.242 e. The molecule has 2 unspecified atom stereocenters. The molecule has 1 aromatic carbocycles. The number of nitrogens with one attached hydrogen (secondary N) is 3. The van der Waals surface area contributed by atoms with Crippen LogP contribution in [-0.2, 0) is 14.6 Å². The molecule has 0 bridgehead atoms. The zero-order valence-electron chi connectivity index (χ0n) is 11.5. The molecule has 0 spiro atoms. The molecule has 1 saturated heterocycles. The van der Waals surface area contributed by atoms with Crippen LogP contribution in [0, 0.1) is 0 Å². The van der Waals surface area contributed by atoms with Crippen LogP contribution < -0.4 is 16.0 Å². The average molecular weight is 297 g/mol. The molecular formula is C13H19N3O3S. The monoisotopic (exact) mass is 297 g/mol. The van der Waals surface area contributed by atoms with E-state index in [4.69, 9.17) is 0 Å². The Balaban J connectivity index is 1.98. The van der Waals surface area contributed by atoms with Crippen molar-refractivity contribution >= 4 is 21.4 Å². The summed E-state index contributed by atoms with van der Waals surface area (Å²) in [6.07, 6.45) is 1.15. The molecule has 0 radical (unpaired) electrons. The second-order valence-corrected chi connectivity index (χ2v) is 7.07. The van der Waals surface area contributed by atoms with E-state index in [-0.39, 0.29) is 16.8 Å². The molecule has 1 heterocycles. The number of carbonyl (C=O) groups excluding carboxylic acids is 1. The molecule has 1 aromatic rings.